The van der Waals surface area contributed by atoms with Gasteiger partial charge < -0.3 is 15.4 Å². The molecular formula is C16H24Cl2N2O2. The van der Waals surface area contributed by atoms with Gasteiger partial charge in [-0.25, -0.2) is 0 Å². The second-order valence-corrected chi connectivity index (χ2v) is 6.14. The van der Waals surface area contributed by atoms with Crippen LogP contribution in [0.2, 0.25) is 5.02 Å². The van der Waals surface area contributed by atoms with Crippen LogP contribution in [0.15, 0.2) is 18.2 Å². The van der Waals surface area contributed by atoms with Crippen molar-refractivity contribution in [2.45, 2.75) is 39.2 Å². The van der Waals surface area contributed by atoms with E-state index in [9.17, 15) is 4.79 Å². The van der Waals surface area contributed by atoms with Gasteiger partial charge in [0, 0.05) is 6.42 Å². The number of amides is 1. The van der Waals surface area contributed by atoms with E-state index in [2.05, 4.69) is 10.6 Å². The van der Waals surface area contributed by atoms with Crippen LogP contribution in [0.5, 0.6) is 5.75 Å². The van der Waals surface area contributed by atoms with Gasteiger partial charge in [0.25, 0.3) is 0 Å². The predicted octanol–water partition coefficient (Wildman–Crippen LogP) is 3.88. The first-order valence-corrected chi connectivity index (χ1v) is 7.90. The number of nitrogens with one attached hydrogen (secondary N) is 2. The van der Waals surface area contributed by atoms with E-state index >= 15 is 0 Å². The quantitative estimate of drug-likeness (QED) is 0.821. The van der Waals surface area contributed by atoms with Crippen molar-refractivity contribution in [2.75, 3.05) is 18.4 Å². The van der Waals surface area contributed by atoms with E-state index in [4.69, 9.17) is 16.3 Å². The van der Waals surface area contributed by atoms with Gasteiger partial charge in [-0.3, -0.25) is 4.79 Å². The van der Waals surface area contributed by atoms with Gasteiger partial charge in [-0.2, -0.15) is 0 Å². The van der Waals surface area contributed by atoms with E-state index < -0.39 is 0 Å². The van der Waals surface area contributed by atoms with E-state index in [0.717, 1.165) is 25.9 Å². The normalized spacial score (nSPS) is 17.2. The van der Waals surface area contributed by atoms with Crippen LogP contribution in [0.1, 0.15) is 33.1 Å². The first kappa shape index (κ1) is 19.1. The third-order valence-electron chi connectivity index (χ3n) is 3.54. The molecule has 2 rings (SSSR count). The molecule has 1 saturated heterocycles. The molecule has 0 spiro atoms. The number of hydrogen-bond acceptors (Lipinski definition) is 3. The number of carbonyl (C=O) groups excluding carboxylic acids is 1. The van der Waals surface area contributed by atoms with Crippen molar-refractivity contribution in [3.8, 4) is 5.75 Å². The van der Waals surface area contributed by atoms with Crippen LogP contribution in [0.4, 0.5) is 5.69 Å². The summed E-state index contributed by atoms with van der Waals surface area (Å²) in [5, 5.41) is 6.74. The van der Waals surface area contributed by atoms with Gasteiger partial charge in [0.1, 0.15) is 0 Å². The number of halogens is 2. The van der Waals surface area contributed by atoms with Crippen LogP contribution < -0.4 is 15.4 Å². The average molecular weight is 347 g/mol. The predicted molar refractivity (Wildman–Crippen MR) is 93.3 cm³/mol. The summed E-state index contributed by atoms with van der Waals surface area (Å²) in [6, 6.07) is 5.39. The summed E-state index contributed by atoms with van der Waals surface area (Å²) in [7, 11) is 0. The maximum atomic E-state index is 12.1. The van der Waals surface area contributed by atoms with Crippen molar-refractivity contribution in [1.82, 2.24) is 5.32 Å². The number of rotatable bonds is 6. The van der Waals surface area contributed by atoms with E-state index in [1.165, 1.54) is 0 Å². The highest BCUT2D eigenvalue weighted by Crippen LogP contribution is 2.33. The molecule has 22 heavy (non-hydrogen) atoms. The SMILES string of the molecule is CC(C)Oc1c(Cl)cccc1NC(=O)CCC1CCNC1.Cl. The zero-order chi connectivity index (χ0) is 15.2. The highest BCUT2D eigenvalue weighted by atomic mass is 35.5. The van der Waals surface area contributed by atoms with Crippen LogP contribution in [-0.4, -0.2) is 25.1 Å². The summed E-state index contributed by atoms with van der Waals surface area (Å²) in [5.41, 5.74) is 0.644. The summed E-state index contributed by atoms with van der Waals surface area (Å²) < 4.78 is 5.70. The number of carbonyl (C=O) groups is 1. The van der Waals surface area contributed by atoms with Gasteiger partial charge in [0.15, 0.2) is 5.75 Å². The summed E-state index contributed by atoms with van der Waals surface area (Å²) in [5.74, 6) is 1.17. The van der Waals surface area contributed by atoms with Gasteiger partial charge in [0.2, 0.25) is 5.91 Å². The average Bonchev–Trinajstić information content (AvgIpc) is 2.93. The van der Waals surface area contributed by atoms with E-state index in [-0.39, 0.29) is 24.4 Å². The van der Waals surface area contributed by atoms with Crippen LogP contribution in [0, 0.1) is 5.92 Å². The van der Waals surface area contributed by atoms with E-state index in [0.29, 0.717) is 28.8 Å². The van der Waals surface area contributed by atoms with Crippen LogP contribution in [0.3, 0.4) is 0 Å². The highest BCUT2D eigenvalue weighted by molar-refractivity contribution is 6.32. The molecule has 1 aromatic rings. The molecule has 0 radical (unpaired) electrons. The molecule has 1 unspecified atom stereocenters. The molecule has 0 aromatic heterocycles. The molecular weight excluding hydrogens is 323 g/mol. The van der Waals surface area contributed by atoms with Gasteiger partial charge in [-0.05, 0) is 57.8 Å². The van der Waals surface area contributed by atoms with Gasteiger partial charge in [-0.15, -0.1) is 12.4 Å². The van der Waals surface area contributed by atoms with Gasteiger partial charge in [-0.1, -0.05) is 17.7 Å². The Labute approximate surface area is 143 Å². The molecule has 4 nitrogen and oxygen atoms in total. The fourth-order valence-corrected chi connectivity index (χ4v) is 2.69. The Morgan fingerprint density at radius 3 is 2.91 bits per heavy atom. The molecule has 1 heterocycles. The lowest BCUT2D eigenvalue weighted by molar-refractivity contribution is -0.116. The van der Waals surface area contributed by atoms with Gasteiger partial charge in [0.05, 0.1) is 16.8 Å². The maximum Gasteiger partial charge on any atom is 0.224 e. The van der Waals surface area contributed by atoms with Gasteiger partial charge >= 0.3 is 0 Å². The Bertz CT molecular complexity index is 489. The fourth-order valence-electron chi connectivity index (χ4n) is 2.47. The first-order chi connectivity index (χ1) is 10.1. The van der Waals surface area contributed by atoms with Crippen molar-refractivity contribution < 1.29 is 9.53 Å². The van der Waals surface area contributed by atoms with Crippen molar-refractivity contribution in [1.29, 1.82) is 0 Å². The molecule has 124 valence electrons. The Morgan fingerprint density at radius 2 is 2.27 bits per heavy atom. The lowest BCUT2D eigenvalue weighted by atomic mass is 10.0. The van der Waals surface area contributed by atoms with Crippen molar-refractivity contribution >= 4 is 35.6 Å². The van der Waals surface area contributed by atoms with Crippen molar-refractivity contribution in [2.24, 2.45) is 5.92 Å². The number of ether oxygens (including phenoxy) is 1. The Morgan fingerprint density at radius 1 is 1.50 bits per heavy atom. The minimum atomic E-state index is 0. The molecule has 1 aliphatic rings. The minimum absolute atomic E-state index is 0. The smallest absolute Gasteiger partial charge is 0.224 e. The molecule has 1 fully saturated rings. The number of anilines is 1. The topological polar surface area (TPSA) is 50.4 Å². The lowest BCUT2D eigenvalue weighted by Gasteiger charge is -2.16. The molecule has 0 bridgehead atoms. The first-order valence-electron chi connectivity index (χ1n) is 7.52. The number of para-hydroxylation sites is 1. The third kappa shape index (κ3) is 5.67. The van der Waals surface area contributed by atoms with Crippen LogP contribution >= 0.6 is 24.0 Å². The Kier molecular flexibility index (Phi) is 8.01. The molecule has 1 atom stereocenters. The molecule has 1 aliphatic heterocycles. The highest BCUT2D eigenvalue weighted by Gasteiger charge is 2.17. The fraction of sp³-hybridized carbons (Fsp3) is 0.562. The monoisotopic (exact) mass is 346 g/mol. The Hall–Kier alpha value is -0.970. The molecule has 2 N–H and O–H groups in total. The largest absolute Gasteiger partial charge is 0.487 e. The second-order valence-electron chi connectivity index (χ2n) is 5.73. The van der Waals surface area contributed by atoms with Crippen molar-refractivity contribution in [3.05, 3.63) is 23.2 Å². The summed E-state index contributed by atoms with van der Waals surface area (Å²) in [6.07, 6.45) is 2.61. The summed E-state index contributed by atoms with van der Waals surface area (Å²) >= 11 is 6.15. The third-order valence-corrected chi connectivity index (χ3v) is 3.83. The maximum absolute atomic E-state index is 12.1. The molecule has 6 heteroatoms. The number of benzene rings is 1. The Balaban J connectivity index is 0.00000242. The minimum Gasteiger partial charge on any atom is -0.487 e. The molecule has 1 amide bonds. The second kappa shape index (κ2) is 9.23. The summed E-state index contributed by atoms with van der Waals surface area (Å²) in [4.78, 5) is 12.1. The molecule has 1 aromatic carbocycles. The standard InChI is InChI=1S/C16H23ClN2O2.ClH/c1-11(2)21-16-13(17)4-3-5-14(16)19-15(20)7-6-12-8-9-18-10-12;/h3-5,11-12,18H,6-10H2,1-2H3,(H,19,20);1H. The lowest BCUT2D eigenvalue weighted by Crippen LogP contribution is -2.16. The molecule has 0 aliphatic carbocycles. The van der Waals surface area contributed by atoms with E-state index in [1.54, 1.807) is 6.07 Å². The van der Waals surface area contributed by atoms with Crippen LogP contribution in [-0.2, 0) is 4.79 Å². The zero-order valence-corrected chi connectivity index (χ0v) is 14.6. The number of hydrogen-bond donors (Lipinski definition) is 2. The van der Waals surface area contributed by atoms with E-state index in [1.807, 2.05) is 26.0 Å². The molecule has 0 saturated carbocycles. The zero-order valence-electron chi connectivity index (χ0n) is 13.0. The van der Waals surface area contributed by atoms with Crippen molar-refractivity contribution in [3.63, 3.8) is 0 Å². The summed E-state index contributed by atoms with van der Waals surface area (Å²) in [6.45, 7) is 5.95. The van der Waals surface area contributed by atoms with Crippen LogP contribution in [0.25, 0.3) is 0 Å².